The maximum atomic E-state index is 14.5. The van der Waals surface area contributed by atoms with Gasteiger partial charge < -0.3 is 10.6 Å². The molecule has 3 aromatic carbocycles. The van der Waals surface area contributed by atoms with Crippen molar-refractivity contribution in [1.82, 2.24) is 5.48 Å². The summed E-state index contributed by atoms with van der Waals surface area (Å²) in [6.07, 6.45) is 0. The Labute approximate surface area is 186 Å². The van der Waals surface area contributed by atoms with E-state index in [4.69, 9.17) is 4.84 Å². The fourth-order valence-corrected chi connectivity index (χ4v) is 3.38. The zero-order valence-corrected chi connectivity index (χ0v) is 18.3. The standard InChI is InChI=1S/C22H20F2IN3O2/c1-14-13-15(25)7-10-19(14)27-21-17(8-9-18(23)20(21)24)22(29)28-30-12-11-26-16-5-3-2-4-6-16/h2-10,13,26-27H,11-12H2,1H3,(H,28,29). The van der Waals surface area contributed by atoms with Gasteiger partial charge in [-0.3, -0.25) is 9.63 Å². The Morgan fingerprint density at radius 2 is 1.83 bits per heavy atom. The molecule has 1 amide bonds. The van der Waals surface area contributed by atoms with E-state index in [0.717, 1.165) is 20.9 Å². The molecule has 0 saturated heterocycles. The van der Waals surface area contributed by atoms with Gasteiger partial charge in [-0.15, -0.1) is 0 Å². The van der Waals surface area contributed by atoms with Crippen LogP contribution in [0.2, 0.25) is 0 Å². The van der Waals surface area contributed by atoms with Crippen LogP contribution in [-0.4, -0.2) is 19.1 Å². The summed E-state index contributed by atoms with van der Waals surface area (Å²) in [5.74, 6) is -2.86. The van der Waals surface area contributed by atoms with Crippen molar-refractivity contribution in [2.24, 2.45) is 0 Å². The quantitative estimate of drug-likeness (QED) is 0.211. The first kappa shape index (κ1) is 22.0. The molecule has 0 spiro atoms. The maximum Gasteiger partial charge on any atom is 0.277 e. The third-order valence-corrected chi connectivity index (χ3v) is 4.93. The molecular formula is C22H20F2IN3O2. The molecule has 0 saturated carbocycles. The number of benzene rings is 3. The van der Waals surface area contributed by atoms with Crippen LogP contribution in [0.1, 0.15) is 15.9 Å². The van der Waals surface area contributed by atoms with Gasteiger partial charge in [0.15, 0.2) is 11.6 Å². The molecule has 5 nitrogen and oxygen atoms in total. The van der Waals surface area contributed by atoms with Crippen LogP contribution in [0.15, 0.2) is 60.7 Å². The zero-order chi connectivity index (χ0) is 21.5. The number of carbonyl (C=O) groups is 1. The highest BCUT2D eigenvalue weighted by Gasteiger charge is 2.20. The van der Waals surface area contributed by atoms with Crippen molar-refractivity contribution in [2.75, 3.05) is 23.8 Å². The topological polar surface area (TPSA) is 62.4 Å². The average Bonchev–Trinajstić information content (AvgIpc) is 2.73. The predicted molar refractivity (Wildman–Crippen MR) is 122 cm³/mol. The third-order valence-electron chi connectivity index (χ3n) is 4.26. The molecule has 0 aliphatic carbocycles. The summed E-state index contributed by atoms with van der Waals surface area (Å²) in [5.41, 5.74) is 4.29. The van der Waals surface area contributed by atoms with E-state index < -0.39 is 17.5 Å². The molecule has 0 heterocycles. The predicted octanol–water partition coefficient (Wildman–Crippen LogP) is 5.39. The first-order valence-electron chi connectivity index (χ1n) is 9.18. The van der Waals surface area contributed by atoms with Crippen LogP contribution in [0.3, 0.4) is 0 Å². The van der Waals surface area contributed by atoms with Crippen LogP contribution in [-0.2, 0) is 4.84 Å². The van der Waals surface area contributed by atoms with Crippen LogP contribution < -0.4 is 16.1 Å². The van der Waals surface area contributed by atoms with Gasteiger partial charge in [-0.25, -0.2) is 14.3 Å². The monoisotopic (exact) mass is 523 g/mol. The molecule has 8 heteroatoms. The molecule has 30 heavy (non-hydrogen) atoms. The van der Waals surface area contributed by atoms with E-state index in [9.17, 15) is 13.6 Å². The fraction of sp³-hybridized carbons (Fsp3) is 0.136. The van der Waals surface area contributed by atoms with Crippen molar-refractivity contribution in [2.45, 2.75) is 6.92 Å². The number of aryl methyl sites for hydroxylation is 1. The molecule has 0 unspecified atom stereocenters. The number of carbonyl (C=O) groups excluding carboxylic acids is 1. The lowest BCUT2D eigenvalue weighted by Gasteiger charge is -2.15. The van der Waals surface area contributed by atoms with Crippen molar-refractivity contribution >= 4 is 45.6 Å². The molecule has 0 atom stereocenters. The first-order valence-corrected chi connectivity index (χ1v) is 10.3. The molecule has 0 fully saturated rings. The summed E-state index contributed by atoms with van der Waals surface area (Å²) in [6.45, 7) is 2.47. The van der Waals surface area contributed by atoms with Gasteiger partial charge in [0, 0.05) is 21.5 Å². The van der Waals surface area contributed by atoms with Gasteiger partial charge in [0.25, 0.3) is 5.91 Å². The largest absolute Gasteiger partial charge is 0.383 e. The minimum absolute atomic E-state index is 0.0668. The molecular weight excluding hydrogens is 503 g/mol. The highest BCUT2D eigenvalue weighted by molar-refractivity contribution is 14.1. The lowest BCUT2D eigenvalue weighted by Crippen LogP contribution is -2.27. The Morgan fingerprint density at radius 1 is 1.07 bits per heavy atom. The van der Waals surface area contributed by atoms with Crippen molar-refractivity contribution in [1.29, 1.82) is 0 Å². The van der Waals surface area contributed by atoms with E-state index in [2.05, 4.69) is 38.7 Å². The maximum absolute atomic E-state index is 14.5. The number of halogens is 3. The lowest BCUT2D eigenvalue weighted by molar-refractivity contribution is 0.0352. The Kier molecular flexibility index (Phi) is 7.58. The van der Waals surface area contributed by atoms with Crippen molar-refractivity contribution in [3.8, 4) is 0 Å². The number of rotatable bonds is 8. The molecule has 0 aliphatic rings. The summed E-state index contributed by atoms with van der Waals surface area (Å²) < 4.78 is 29.3. The lowest BCUT2D eigenvalue weighted by atomic mass is 10.1. The van der Waals surface area contributed by atoms with E-state index in [-0.39, 0.29) is 17.9 Å². The minimum Gasteiger partial charge on any atom is -0.383 e. The Hall–Kier alpha value is -2.72. The molecule has 0 bridgehead atoms. The second kappa shape index (κ2) is 10.4. The average molecular weight is 523 g/mol. The number of anilines is 3. The number of amides is 1. The van der Waals surface area contributed by atoms with Crippen molar-refractivity contribution < 1.29 is 18.4 Å². The normalized spacial score (nSPS) is 10.5. The summed E-state index contributed by atoms with van der Waals surface area (Å²) in [7, 11) is 0. The van der Waals surface area contributed by atoms with Gasteiger partial charge in [-0.1, -0.05) is 18.2 Å². The van der Waals surface area contributed by atoms with Gasteiger partial charge in [0.05, 0.1) is 17.9 Å². The Bertz CT molecular complexity index is 1030. The van der Waals surface area contributed by atoms with Crippen LogP contribution in [0.25, 0.3) is 0 Å². The van der Waals surface area contributed by atoms with E-state index >= 15 is 0 Å². The van der Waals surface area contributed by atoms with Gasteiger partial charge in [0.1, 0.15) is 0 Å². The number of hydrogen-bond acceptors (Lipinski definition) is 4. The number of hydroxylamine groups is 1. The number of hydrogen-bond donors (Lipinski definition) is 3. The molecule has 0 radical (unpaired) electrons. The number of para-hydroxylation sites is 1. The first-order chi connectivity index (χ1) is 14.5. The van der Waals surface area contributed by atoms with E-state index in [1.807, 2.05) is 49.4 Å². The van der Waals surface area contributed by atoms with Crippen molar-refractivity contribution in [3.05, 3.63) is 87.0 Å². The number of nitrogens with one attached hydrogen (secondary N) is 3. The van der Waals surface area contributed by atoms with E-state index in [1.54, 1.807) is 6.07 Å². The van der Waals surface area contributed by atoms with E-state index in [0.29, 0.717) is 12.2 Å². The summed E-state index contributed by atoms with van der Waals surface area (Å²) in [5, 5.41) is 5.96. The molecule has 0 aliphatic heterocycles. The highest BCUT2D eigenvalue weighted by atomic mass is 127. The third kappa shape index (κ3) is 5.67. The SMILES string of the molecule is Cc1cc(I)ccc1Nc1c(C(=O)NOCCNc2ccccc2)ccc(F)c1F. The molecule has 3 N–H and O–H groups in total. The van der Waals surface area contributed by atoms with Gasteiger partial charge in [-0.05, 0) is 77.5 Å². The van der Waals surface area contributed by atoms with Crippen LogP contribution in [0.4, 0.5) is 25.8 Å². The van der Waals surface area contributed by atoms with Crippen LogP contribution in [0, 0.1) is 22.1 Å². The summed E-state index contributed by atoms with van der Waals surface area (Å²) in [6, 6.07) is 17.1. The smallest absolute Gasteiger partial charge is 0.277 e. The molecule has 0 aromatic heterocycles. The highest BCUT2D eigenvalue weighted by Crippen LogP contribution is 2.28. The second-order valence-electron chi connectivity index (χ2n) is 6.44. The van der Waals surface area contributed by atoms with E-state index in [1.165, 1.54) is 6.07 Å². The van der Waals surface area contributed by atoms with Gasteiger partial charge in [-0.2, -0.15) is 0 Å². The summed E-state index contributed by atoms with van der Waals surface area (Å²) in [4.78, 5) is 17.7. The molecule has 3 aromatic rings. The Morgan fingerprint density at radius 3 is 2.57 bits per heavy atom. The summed E-state index contributed by atoms with van der Waals surface area (Å²) >= 11 is 2.16. The van der Waals surface area contributed by atoms with Crippen LogP contribution in [0.5, 0.6) is 0 Å². The fourth-order valence-electron chi connectivity index (χ4n) is 2.74. The van der Waals surface area contributed by atoms with Gasteiger partial charge >= 0.3 is 0 Å². The second-order valence-corrected chi connectivity index (χ2v) is 7.69. The molecule has 156 valence electrons. The Balaban J connectivity index is 1.65. The van der Waals surface area contributed by atoms with Gasteiger partial charge in [0.2, 0.25) is 0 Å². The van der Waals surface area contributed by atoms with Crippen molar-refractivity contribution in [3.63, 3.8) is 0 Å². The minimum atomic E-state index is -1.13. The molecule has 3 rings (SSSR count). The zero-order valence-electron chi connectivity index (χ0n) is 16.1. The van der Waals surface area contributed by atoms with Crippen LogP contribution >= 0.6 is 22.6 Å².